The molecule has 23 heavy (non-hydrogen) atoms. The zero-order chi connectivity index (χ0) is 16.8. The summed E-state index contributed by atoms with van der Waals surface area (Å²) >= 11 is 0. The topological polar surface area (TPSA) is 53.0 Å². The Kier molecular flexibility index (Phi) is 5.46. The van der Waals surface area contributed by atoms with E-state index in [0.717, 1.165) is 18.8 Å². The largest absolute Gasteiger partial charge is 0.497 e. The monoisotopic (exact) mass is 314 g/mol. The van der Waals surface area contributed by atoms with Gasteiger partial charge in [0.15, 0.2) is 0 Å². The van der Waals surface area contributed by atoms with Gasteiger partial charge in [-0.1, -0.05) is 6.07 Å². The van der Waals surface area contributed by atoms with Crippen LogP contribution in [0, 0.1) is 0 Å². The summed E-state index contributed by atoms with van der Waals surface area (Å²) in [4.78, 5) is 15.2. The lowest BCUT2D eigenvalue weighted by Gasteiger charge is -2.24. The van der Waals surface area contributed by atoms with Crippen molar-refractivity contribution in [2.75, 3.05) is 30.0 Å². The van der Waals surface area contributed by atoms with Crippen LogP contribution in [0.4, 0.5) is 21.9 Å². The van der Waals surface area contributed by atoms with Crippen molar-refractivity contribution in [2.24, 2.45) is 0 Å². The van der Waals surface area contributed by atoms with Gasteiger partial charge in [-0.05, 0) is 56.3 Å². The summed E-state index contributed by atoms with van der Waals surface area (Å²) in [6, 6.07) is 14.5. The van der Waals surface area contributed by atoms with Crippen LogP contribution in [0.3, 0.4) is 0 Å². The van der Waals surface area contributed by atoms with Crippen LogP contribution in [0.2, 0.25) is 0 Å². The second-order valence-corrected chi connectivity index (χ2v) is 5.01. The van der Waals surface area contributed by atoms with Gasteiger partial charge in [0.05, 0.1) is 18.5 Å². The second kappa shape index (κ2) is 7.54. The fourth-order valence-electron chi connectivity index (χ4n) is 2.52. The number of hydrogen-bond acceptors (Lipinski definition) is 3. The average molecular weight is 314 g/mol. The van der Waals surface area contributed by atoms with Crippen LogP contribution in [-0.4, -0.2) is 31.4 Å². The minimum Gasteiger partial charge on any atom is -0.497 e. The van der Waals surface area contributed by atoms with Gasteiger partial charge in [-0.3, -0.25) is 0 Å². The molecule has 0 aromatic heterocycles. The third-order valence-corrected chi connectivity index (χ3v) is 3.74. The molecule has 2 rings (SSSR count). The standard InChI is InChI=1S/C18H22N2O3/c1-4-19(5-2)15-7-6-8-16(13-15)20(18(21)22)14-9-11-17(23-3)12-10-14/h6-13H,4-5H2,1-3H3,(H,21,22). The number of rotatable bonds is 6. The lowest BCUT2D eigenvalue weighted by atomic mass is 10.2. The number of hydrogen-bond donors (Lipinski definition) is 1. The van der Waals surface area contributed by atoms with E-state index >= 15 is 0 Å². The van der Waals surface area contributed by atoms with E-state index in [0.29, 0.717) is 17.1 Å². The molecule has 0 saturated carbocycles. The summed E-state index contributed by atoms with van der Waals surface area (Å²) in [6.45, 7) is 5.90. The minimum absolute atomic E-state index is 0.579. The van der Waals surface area contributed by atoms with Gasteiger partial charge in [-0.25, -0.2) is 9.69 Å². The van der Waals surface area contributed by atoms with E-state index in [4.69, 9.17) is 4.74 Å². The Balaban J connectivity index is 2.41. The van der Waals surface area contributed by atoms with Crippen LogP contribution in [0.15, 0.2) is 48.5 Å². The molecule has 122 valence electrons. The minimum atomic E-state index is -1.02. The fourth-order valence-corrected chi connectivity index (χ4v) is 2.52. The molecule has 0 radical (unpaired) electrons. The summed E-state index contributed by atoms with van der Waals surface area (Å²) in [6.07, 6.45) is -1.02. The quantitative estimate of drug-likeness (QED) is 0.861. The second-order valence-electron chi connectivity index (χ2n) is 5.01. The molecule has 0 aliphatic rings. The van der Waals surface area contributed by atoms with Crippen molar-refractivity contribution in [3.05, 3.63) is 48.5 Å². The van der Waals surface area contributed by atoms with E-state index in [1.165, 1.54) is 4.90 Å². The normalized spacial score (nSPS) is 10.2. The van der Waals surface area contributed by atoms with Gasteiger partial charge in [-0.2, -0.15) is 0 Å². The number of methoxy groups -OCH3 is 1. The molecule has 0 saturated heterocycles. The zero-order valence-electron chi connectivity index (χ0n) is 13.7. The van der Waals surface area contributed by atoms with E-state index in [-0.39, 0.29) is 0 Å². The maximum atomic E-state index is 11.8. The first-order valence-corrected chi connectivity index (χ1v) is 7.62. The maximum absolute atomic E-state index is 11.8. The van der Waals surface area contributed by atoms with Crippen molar-refractivity contribution in [1.29, 1.82) is 0 Å². The molecule has 0 bridgehead atoms. The number of carboxylic acid groups (broad SMARTS) is 1. The molecule has 5 heteroatoms. The lowest BCUT2D eigenvalue weighted by molar-refractivity contribution is 0.205. The molecule has 0 fully saturated rings. The highest BCUT2D eigenvalue weighted by molar-refractivity contribution is 5.95. The van der Waals surface area contributed by atoms with Gasteiger partial charge in [0.25, 0.3) is 0 Å². The van der Waals surface area contributed by atoms with Crippen LogP contribution in [0.25, 0.3) is 0 Å². The van der Waals surface area contributed by atoms with Crippen molar-refractivity contribution in [2.45, 2.75) is 13.8 Å². The third kappa shape index (κ3) is 3.74. The van der Waals surface area contributed by atoms with E-state index in [9.17, 15) is 9.90 Å². The molecule has 2 aromatic rings. The van der Waals surface area contributed by atoms with Crippen molar-refractivity contribution < 1.29 is 14.6 Å². The molecule has 0 aliphatic carbocycles. The zero-order valence-corrected chi connectivity index (χ0v) is 13.7. The first-order chi connectivity index (χ1) is 11.1. The molecule has 0 spiro atoms. The predicted octanol–water partition coefficient (Wildman–Crippen LogP) is 4.36. The van der Waals surface area contributed by atoms with Gasteiger partial charge < -0.3 is 14.7 Å². The van der Waals surface area contributed by atoms with E-state index < -0.39 is 6.09 Å². The average Bonchev–Trinajstić information content (AvgIpc) is 2.57. The summed E-state index contributed by atoms with van der Waals surface area (Å²) in [5, 5.41) is 9.63. The van der Waals surface area contributed by atoms with E-state index in [1.807, 2.05) is 18.2 Å². The molecule has 1 amide bonds. The number of benzene rings is 2. The van der Waals surface area contributed by atoms with Crippen LogP contribution in [0.5, 0.6) is 5.75 Å². The summed E-state index contributed by atoms with van der Waals surface area (Å²) in [5.41, 5.74) is 2.20. The van der Waals surface area contributed by atoms with Crippen molar-refractivity contribution in [3.8, 4) is 5.75 Å². The van der Waals surface area contributed by atoms with Gasteiger partial charge in [-0.15, -0.1) is 0 Å². The highest BCUT2D eigenvalue weighted by atomic mass is 16.5. The Morgan fingerprint density at radius 2 is 1.61 bits per heavy atom. The van der Waals surface area contributed by atoms with Gasteiger partial charge >= 0.3 is 6.09 Å². The van der Waals surface area contributed by atoms with Gasteiger partial charge in [0.1, 0.15) is 5.75 Å². The Morgan fingerprint density at radius 1 is 1.00 bits per heavy atom. The van der Waals surface area contributed by atoms with E-state index in [2.05, 4.69) is 18.7 Å². The highest BCUT2D eigenvalue weighted by Gasteiger charge is 2.18. The fraction of sp³-hybridized carbons (Fsp3) is 0.278. The molecule has 0 aliphatic heterocycles. The van der Waals surface area contributed by atoms with Crippen LogP contribution >= 0.6 is 0 Å². The molecule has 0 heterocycles. The van der Waals surface area contributed by atoms with Crippen LogP contribution < -0.4 is 14.5 Å². The van der Waals surface area contributed by atoms with Crippen molar-refractivity contribution in [3.63, 3.8) is 0 Å². The SMILES string of the molecule is CCN(CC)c1cccc(N(C(=O)O)c2ccc(OC)cc2)c1. The summed E-state index contributed by atoms with van der Waals surface area (Å²) < 4.78 is 5.12. The number of ether oxygens (including phenoxy) is 1. The van der Waals surface area contributed by atoms with Gasteiger partial charge in [0.2, 0.25) is 0 Å². The number of carbonyl (C=O) groups is 1. The van der Waals surface area contributed by atoms with Crippen molar-refractivity contribution >= 4 is 23.2 Å². The predicted molar refractivity (Wildman–Crippen MR) is 93.2 cm³/mol. The number of nitrogens with zero attached hydrogens (tertiary/aromatic N) is 2. The number of anilines is 3. The Labute approximate surface area is 136 Å². The van der Waals surface area contributed by atoms with Crippen LogP contribution in [-0.2, 0) is 0 Å². The smallest absolute Gasteiger partial charge is 0.416 e. The molecular formula is C18H22N2O3. The first-order valence-electron chi connectivity index (χ1n) is 7.62. The lowest BCUT2D eigenvalue weighted by Crippen LogP contribution is -2.25. The molecule has 1 N–H and O–H groups in total. The third-order valence-electron chi connectivity index (χ3n) is 3.74. The maximum Gasteiger partial charge on any atom is 0.416 e. The van der Waals surface area contributed by atoms with E-state index in [1.54, 1.807) is 37.4 Å². The Hall–Kier alpha value is -2.69. The number of amides is 1. The van der Waals surface area contributed by atoms with Gasteiger partial charge in [0, 0.05) is 18.8 Å². The summed E-state index contributed by atoms with van der Waals surface area (Å²) in [5.74, 6) is 0.691. The summed E-state index contributed by atoms with van der Waals surface area (Å²) in [7, 11) is 1.58. The molecule has 0 unspecified atom stereocenters. The molecule has 5 nitrogen and oxygen atoms in total. The van der Waals surface area contributed by atoms with Crippen molar-refractivity contribution in [1.82, 2.24) is 0 Å². The molecular weight excluding hydrogens is 292 g/mol. The highest BCUT2D eigenvalue weighted by Crippen LogP contribution is 2.30. The first kappa shape index (κ1) is 16.7. The molecule has 0 atom stereocenters. The Bertz CT molecular complexity index is 652. The molecule has 2 aromatic carbocycles. The Morgan fingerprint density at radius 3 is 2.13 bits per heavy atom. The van der Waals surface area contributed by atoms with Crippen LogP contribution in [0.1, 0.15) is 13.8 Å².